The predicted molar refractivity (Wildman–Crippen MR) is 129 cm³/mol. The number of hydrogen-bond donors (Lipinski definition) is 0. The Bertz CT molecular complexity index is 1500. The van der Waals surface area contributed by atoms with Crippen LogP contribution in [0.25, 0.3) is 21.9 Å². The monoisotopic (exact) mass is 429 g/mol. The normalized spacial score (nSPS) is 15.8. The number of carbonyl (C=O) groups excluding carboxylic acids is 2. The highest BCUT2D eigenvalue weighted by Gasteiger charge is 2.61. The lowest BCUT2D eigenvalue weighted by atomic mass is 9.92. The van der Waals surface area contributed by atoms with E-state index in [1.807, 2.05) is 78.5 Å². The summed E-state index contributed by atoms with van der Waals surface area (Å²) in [6.07, 6.45) is 0. The van der Waals surface area contributed by atoms with Crippen molar-refractivity contribution in [2.75, 3.05) is 23.9 Å². The van der Waals surface area contributed by atoms with Crippen molar-refractivity contribution in [2.24, 2.45) is 0 Å². The van der Waals surface area contributed by atoms with E-state index in [2.05, 4.69) is 6.07 Å². The Morgan fingerprint density at radius 1 is 0.727 bits per heavy atom. The van der Waals surface area contributed by atoms with Gasteiger partial charge in [-0.25, -0.2) is 0 Å². The van der Waals surface area contributed by atoms with Crippen molar-refractivity contribution >= 4 is 33.7 Å². The van der Waals surface area contributed by atoms with Crippen molar-refractivity contribution in [3.63, 3.8) is 0 Å². The zero-order valence-electron chi connectivity index (χ0n) is 18.2. The molecule has 5 heteroatoms. The maximum absolute atomic E-state index is 14.1. The molecule has 5 nitrogen and oxygen atoms in total. The maximum atomic E-state index is 14.1. The molecular weight excluding hydrogens is 410 g/mol. The van der Waals surface area contributed by atoms with Gasteiger partial charge in [0.2, 0.25) is 17.2 Å². The molecule has 33 heavy (non-hydrogen) atoms. The third-order valence-corrected chi connectivity index (χ3v) is 7.04. The fourth-order valence-corrected chi connectivity index (χ4v) is 5.37. The van der Waals surface area contributed by atoms with Crippen LogP contribution in [0.3, 0.4) is 0 Å². The minimum Gasteiger partial charge on any atom is -0.338 e. The zero-order chi connectivity index (χ0) is 22.9. The number of fused-ring (bicyclic) bond motifs is 1. The number of rotatable bonds is 1. The van der Waals surface area contributed by atoms with Gasteiger partial charge in [0.1, 0.15) is 0 Å². The summed E-state index contributed by atoms with van der Waals surface area (Å²) < 4.78 is 0. The second kappa shape index (κ2) is 6.54. The fraction of sp³-hybridized carbons (Fsp3) is 0.107. The first-order valence-corrected chi connectivity index (χ1v) is 10.7. The van der Waals surface area contributed by atoms with Crippen LogP contribution in [0.4, 0.5) is 11.4 Å². The van der Waals surface area contributed by atoms with E-state index in [0.717, 1.165) is 33.3 Å². The molecule has 0 radical (unpaired) electrons. The fourth-order valence-electron chi connectivity index (χ4n) is 5.37. The zero-order valence-corrected chi connectivity index (χ0v) is 18.2. The van der Waals surface area contributed by atoms with Crippen LogP contribution in [0.1, 0.15) is 26.3 Å². The predicted octanol–water partition coefficient (Wildman–Crippen LogP) is 5.04. The maximum Gasteiger partial charge on any atom is 0.242 e. The molecule has 4 aromatic carbocycles. The van der Waals surface area contributed by atoms with Crippen LogP contribution < -0.4 is 9.80 Å². The van der Waals surface area contributed by atoms with Crippen LogP contribution in [0.15, 0.2) is 78.9 Å². The summed E-state index contributed by atoms with van der Waals surface area (Å²) in [5, 5.41) is 11.2. The van der Waals surface area contributed by atoms with Gasteiger partial charge >= 0.3 is 0 Å². The molecular formula is C28H19N3O2. The summed E-state index contributed by atoms with van der Waals surface area (Å²) in [4.78, 5) is 31.7. The quantitative estimate of drug-likeness (QED) is 0.397. The number of ketones is 2. The Morgan fingerprint density at radius 2 is 1.30 bits per heavy atom. The minimum absolute atomic E-state index is 0.217. The minimum atomic E-state index is -1.46. The SMILES string of the molecule is CN1c2cccc3cccc(c23)N(C)C12C(=O)c1ccc(-c3ccc(C#N)cc3)cc1C2=O. The van der Waals surface area contributed by atoms with Crippen molar-refractivity contribution < 1.29 is 9.59 Å². The van der Waals surface area contributed by atoms with Gasteiger partial charge < -0.3 is 9.80 Å². The first-order valence-electron chi connectivity index (χ1n) is 10.7. The van der Waals surface area contributed by atoms with Crippen LogP contribution in [0.2, 0.25) is 0 Å². The van der Waals surface area contributed by atoms with Gasteiger partial charge in [0.25, 0.3) is 0 Å². The summed E-state index contributed by atoms with van der Waals surface area (Å²) in [5.74, 6) is -0.445. The van der Waals surface area contributed by atoms with Crippen LogP contribution in [0.5, 0.6) is 0 Å². The van der Waals surface area contributed by atoms with Gasteiger partial charge in [-0.15, -0.1) is 0 Å². The number of benzene rings is 4. The van der Waals surface area contributed by atoms with E-state index in [4.69, 9.17) is 5.26 Å². The van der Waals surface area contributed by atoms with E-state index in [1.165, 1.54) is 0 Å². The molecule has 0 N–H and O–H groups in total. The third kappa shape index (κ3) is 2.30. The Balaban J connectivity index is 1.53. The Kier molecular flexibility index (Phi) is 3.82. The third-order valence-electron chi connectivity index (χ3n) is 7.04. The molecule has 0 aromatic heterocycles. The van der Waals surface area contributed by atoms with Crippen molar-refractivity contribution in [1.82, 2.24) is 0 Å². The topological polar surface area (TPSA) is 64.4 Å². The van der Waals surface area contributed by atoms with E-state index >= 15 is 0 Å². The van der Waals surface area contributed by atoms with Gasteiger partial charge in [-0.3, -0.25) is 9.59 Å². The number of anilines is 2. The molecule has 1 aliphatic heterocycles. The molecule has 1 aliphatic carbocycles. The van der Waals surface area contributed by atoms with Gasteiger partial charge in [-0.05, 0) is 52.9 Å². The molecule has 0 unspecified atom stereocenters. The van der Waals surface area contributed by atoms with E-state index in [1.54, 1.807) is 24.3 Å². The summed E-state index contributed by atoms with van der Waals surface area (Å²) in [6.45, 7) is 0. The molecule has 0 bridgehead atoms. The molecule has 1 spiro atoms. The Hall–Kier alpha value is -4.43. The molecule has 2 aliphatic rings. The second-order valence-corrected chi connectivity index (χ2v) is 8.55. The van der Waals surface area contributed by atoms with Gasteiger partial charge in [0, 0.05) is 42.0 Å². The van der Waals surface area contributed by atoms with Crippen molar-refractivity contribution in [2.45, 2.75) is 5.66 Å². The largest absolute Gasteiger partial charge is 0.338 e. The molecule has 1 heterocycles. The Morgan fingerprint density at radius 3 is 1.91 bits per heavy atom. The van der Waals surface area contributed by atoms with E-state index in [9.17, 15) is 9.59 Å². The van der Waals surface area contributed by atoms with Crippen LogP contribution >= 0.6 is 0 Å². The summed E-state index contributed by atoms with van der Waals surface area (Å²) in [7, 11) is 3.65. The first-order chi connectivity index (χ1) is 16.0. The van der Waals surface area contributed by atoms with Crippen molar-refractivity contribution in [1.29, 1.82) is 5.26 Å². The second-order valence-electron chi connectivity index (χ2n) is 8.55. The van der Waals surface area contributed by atoms with E-state index in [-0.39, 0.29) is 11.6 Å². The molecule has 0 saturated heterocycles. The highest BCUT2D eigenvalue weighted by molar-refractivity contribution is 6.37. The lowest BCUT2D eigenvalue weighted by molar-refractivity contribution is 0.0795. The number of nitriles is 1. The van der Waals surface area contributed by atoms with Gasteiger partial charge in [-0.1, -0.05) is 42.5 Å². The molecule has 158 valence electrons. The van der Waals surface area contributed by atoms with Crippen LogP contribution in [-0.4, -0.2) is 31.3 Å². The molecule has 0 atom stereocenters. The average Bonchev–Trinajstić information content (AvgIpc) is 3.08. The molecule has 0 saturated carbocycles. The molecule has 6 rings (SSSR count). The lowest BCUT2D eigenvalue weighted by Gasteiger charge is -2.48. The highest BCUT2D eigenvalue weighted by Crippen LogP contribution is 2.49. The summed E-state index contributed by atoms with van der Waals surface area (Å²) in [5.41, 5.74) is 3.41. The van der Waals surface area contributed by atoms with E-state index < -0.39 is 5.66 Å². The number of hydrogen-bond acceptors (Lipinski definition) is 5. The highest BCUT2D eigenvalue weighted by atomic mass is 16.2. The number of Topliss-reactive ketones (excluding diaryl/α,β-unsaturated/α-hetero) is 2. The number of carbonyl (C=O) groups is 2. The standard InChI is InChI=1S/C28H19N3O2/c1-30-23-7-3-5-19-6-4-8-24(25(19)23)31(2)28(30)26(32)21-14-13-20(15-22(21)27(28)33)18-11-9-17(16-29)10-12-18/h3-15H,1-2H3. The lowest BCUT2D eigenvalue weighted by Crippen LogP contribution is -2.67. The Labute approximate surface area is 191 Å². The van der Waals surface area contributed by atoms with Crippen LogP contribution in [-0.2, 0) is 0 Å². The van der Waals surface area contributed by atoms with Gasteiger partial charge in [0.15, 0.2) is 0 Å². The first kappa shape index (κ1) is 19.3. The number of nitrogens with zero attached hydrogens (tertiary/aromatic N) is 3. The van der Waals surface area contributed by atoms with Crippen LogP contribution in [0, 0.1) is 11.3 Å². The van der Waals surface area contributed by atoms with Gasteiger partial charge in [-0.2, -0.15) is 5.26 Å². The van der Waals surface area contributed by atoms with Gasteiger partial charge in [0.05, 0.1) is 11.6 Å². The van der Waals surface area contributed by atoms with Crippen molar-refractivity contribution in [3.8, 4) is 17.2 Å². The molecule has 4 aromatic rings. The van der Waals surface area contributed by atoms with E-state index in [0.29, 0.717) is 16.7 Å². The molecule has 0 amide bonds. The average molecular weight is 429 g/mol. The smallest absolute Gasteiger partial charge is 0.242 e. The number of likely N-dealkylation sites (N-methyl/N-ethyl adjacent to an activating group) is 2. The summed E-state index contributed by atoms with van der Waals surface area (Å²) in [6, 6.07) is 26.7. The van der Waals surface area contributed by atoms with Crippen molar-refractivity contribution in [3.05, 3.63) is 95.6 Å². The molecule has 0 fully saturated rings. The summed E-state index contributed by atoms with van der Waals surface area (Å²) >= 11 is 0.